The van der Waals surface area contributed by atoms with Gasteiger partial charge in [0, 0.05) is 19.7 Å². The van der Waals surface area contributed by atoms with E-state index in [0.29, 0.717) is 31.0 Å². The minimum Gasteiger partial charge on any atom is -0.380 e. The summed E-state index contributed by atoms with van der Waals surface area (Å²) in [5, 5.41) is 12.1. The van der Waals surface area contributed by atoms with Gasteiger partial charge in [-0.05, 0) is 13.3 Å². The van der Waals surface area contributed by atoms with Crippen LogP contribution in [0.4, 0.5) is 11.4 Å². The Morgan fingerprint density at radius 3 is 3.10 bits per heavy atom. The summed E-state index contributed by atoms with van der Waals surface area (Å²) in [5.41, 5.74) is 1.23. The van der Waals surface area contributed by atoms with Gasteiger partial charge in [0.2, 0.25) is 0 Å². The molecule has 1 saturated heterocycles. The summed E-state index contributed by atoms with van der Waals surface area (Å²) in [7, 11) is 0. The summed E-state index contributed by atoms with van der Waals surface area (Å²) < 4.78 is 5.42. The SMILES string of the molecule is Cc1nc2c(N3CCCOCC3)c([N+](=O)[O-])cnc2s1. The van der Waals surface area contributed by atoms with Crippen molar-refractivity contribution in [3.8, 4) is 0 Å². The number of hydrogen-bond donors (Lipinski definition) is 0. The third-order valence-corrected chi connectivity index (χ3v) is 4.10. The Morgan fingerprint density at radius 2 is 2.30 bits per heavy atom. The van der Waals surface area contributed by atoms with E-state index < -0.39 is 0 Å². The first-order valence-electron chi connectivity index (χ1n) is 6.40. The van der Waals surface area contributed by atoms with Crippen LogP contribution in [0.25, 0.3) is 10.3 Å². The van der Waals surface area contributed by atoms with Crippen LogP contribution in [0.3, 0.4) is 0 Å². The number of aromatic nitrogens is 2. The zero-order chi connectivity index (χ0) is 14.1. The lowest BCUT2D eigenvalue weighted by atomic mass is 10.2. The average molecular weight is 294 g/mol. The second-order valence-electron chi connectivity index (χ2n) is 4.59. The zero-order valence-electron chi connectivity index (χ0n) is 11.0. The van der Waals surface area contributed by atoms with E-state index in [2.05, 4.69) is 9.97 Å². The van der Waals surface area contributed by atoms with Gasteiger partial charge in [0.1, 0.15) is 22.2 Å². The summed E-state index contributed by atoms with van der Waals surface area (Å²) >= 11 is 1.45. The Morgan fingerprint density at radius 1 is 1.45 bits per heavy atom. The van der Waals surface area contributed by atoms with Crippen LogP contribution in [0.15, 0.2) is 6.20 Å². The predicted molar refractivity (Wildman–Crippen MR) is 76.5 cm³/mol. The second kappa shape index (κ2) is 5.29. The molecule has 1 aliphatic heterocycles. The highest BCUT2D eigenvalue weighted by Gasteiger charge is 2.26. The molecule has 8 heteroatoms. The zero-order valence-corrected chi connectivity index (χ0v) is 11.9. The van der Waals surface area contributed by atoms with Gasteiger partial charge in [-0.15, -0.1) is 0 Å². The lowest BCUT2D eigenvalue weighted by molar-refractivity contribution is -0.384. The molecule has 2 aromatic heterocycles. The molecule has 3 heterocycles. The molecule has 0 atom stereocenters. The van der Waals surface area contributed by atoms with Gasteiger partial charge in [0.25, 0.3) is 0 Å². The van der Waals surface area contributed by atoms with E-state index in [9.17, 15) is 10.1 Å². The van der Waals surface area contributed by atoms with Crippen molar-refractivity contribution in [2.24, 2.45) is 0 Å². The molecule has 7 nitrogen and oxygen atoms in total. The van der Waals surface area contributed by atoms with E-state index in [-0.39, 0.29) is 10.6 Å². The number of nitro groups is 1. The number of pyridine rings is 1. The molecule has 3 rings (SSSR count). The number of thiazole rings is 1. The van der Waals surface area contributed by atoms with Crippen LogP contribution < -0.4 is 4.90 Å². The number of fused-ring (bicyclic) bond motifs is 1. The summed E-state index contributed by atoms with van der Waals surface area (Å²) in [4.78, 5) is 22.2. The Hall–Kier alpha value is -1.80. The Labute approximate surface area is 119 Å². The van der Waals surface area contributed by atoms with Crippen LogP contribution in [-0.2, 0) is 4.74 Å². The molecule has 106 valence electrons. The lowest BCUT2D eigenvalue weighted by Gasteiger charge is -2.21. The standard InChI is InChI=1S/C12H14N4O3S/c1-8-14-10-11(15-3-2-5-19-6-4-15)9(16(17)18)7-13-12(10)20-8/h7H,2-6H2,1H3. The van der Waals surface area contributed by atoms with Gasteiger partial charge in [-0.1, -0.05) is 11.3 Å². The summed E-state index contributed by atoms with van der Waals surface area (Å²) in [6, 6.07) is 0. The normalized spacial score (nSPS) is 16.4. The van der Waals surface area contributed by atoms with Gasteiger partial charge >= 0.3 is 5.69 Å². The summed E-state index contributed by atoms with van der Waals surface area (Å²) in [5.74, 6) is 0. The molecule has 0 unspecified atom stereocenters. The number of aryl methyl sites for hydroxylation is 1. The highest BCUT2D eigenvalue weighted by atomic mass is 32.1. The van der Waals surface area contributed by atoms with Gasteiger partial charge in [0.05, 0.1) is 16.5 Å². The van der Waals surface area contributed by atoms with E-state index in [0.717, 1.165) is 22.8 Å². The Kier molecular flexibility index (Phi) is 3.49. The van der Waals surface area contributed by atoms with Crippen LogP contribution in [0.1, 0.15) is 11.4 Å². The first-order valence-corrected chi connectivity index (χ1v) is 7.21. The fourth-order valence-electron chi connectivity index (χ4n) is 2.38. The number of anilines is 1. The summed E-state index contributed by atoms with van der Waals surface area (Å²) in [6.07, 6.45) is 2.19. The molecule has 1 fully saturated rings. The minimum atomic E-state index is -0.387. The third-order valence-electron chi connectivity index (χ3n) is 3.22. The van der Waals surface area contributed by atoms with Crippen molar-refractivity contribution in [3.05, 3.63) is 21.3 Å². The van der Waals surface area contributed by atoms with E-state index in [1.54, 1.807) is 0 Å². The van der Waals surface area contributed by atoms with Crippen molar-refractivity contribution < 1.29 is 9.66 Å². The molecule has 1 aliphatic rings. The highest BCUT2D eigenvalue weighted by molar-refractivity contribution is 7.18. The van der Waals surface area contributed by atoms with Crippen molar-refractivity contribution in [1.29, 1.82) is 0 Å². The monoisotopic (exact) mass is 294 g/mol. The van der Waals surface area contributed by atoms with E-state index >= 15 is 0 Å². The van der Waals surface area contributed by atoms with Gasteiger partial charge in [-0.3, -0.25) is 10.1 Å². The molecule has 20 heavy (non-hydrogen) atoms. The van der Waals surface area contributed by atoms with Crippen molar-refractivity contribution in [3.63, 3.8) is 0 Å². The highest BCUT2D eigenvalue weighted by Crippen LogP contribution is 2.36. The van der Waals surface area contributed by atoms with E-state index in [4.69, 9.17) is 4.74 Å². The molecule has 0 amide bonds. The van der Waals surface area contributed by atoms with Crippen LogP contribution >= 0.6 is 11.3 Å². The van der Waals surface area contributed by atoms with Crippen LogP contribution in [0, 0.1) is 17.0 Å². The largest absolute Gasteiger partial charge is 0.380 e. The maximum absolute atomic E-state index is 11.3. The van der Waals surface area contributed by atoms with Crippen LogP contribution in [-0.4, -0.2) is 41.2 Å². The van der Waals surface area contributed by atoms with Gasteiger partial charge in [-0.25, -0.2) is 9.97 Å². The van der Waals surface area contributed by atoms with Crippen molar-refractivity contribution in [1.82, 2.24) is 9.97 Å². The fourth-order valence-corrected chi connectivity index (χ4v) is 3.14. The quantitative estimate of drug-likeness (QED) is 0.623. The van der Waals surface area contributed by atoms with E-state index in [1.165, 1.54) is 17.5 Å². The fraction of sp³-hybridized carbons (Fsp3) is 0.500. The smallest absolute Gasteiger partial charge is 0.312 e. The number of rotatable bonds is 2. The molecule has 0 spiro atoms. The van der Waals surface area contributed by atoms with Gasteiger partial charge < -0.3 is 9.64 Å². The molecule has 2 aromatic rings. The third kappa shape index (κ3) is 2.32. The minimum absolute atomic E-state index is 0.0182. The van der Waals surface area contributed by atoms with Crippen molar-refractivity contribution in [2.75, 3.05) is 31.2 Å². The topological polar surface area (TPSA) is 81.4 Å². The average Bonchev–Trinajstić information content (AvgIpc) is 2.62. The number of ether oxygens (including phenoxy) is 1. The summed E-state index contributed by atoms with van der Waals surface area (Å²) in [6.45, 7) is 4.51. The van der Waals surface area contributed by atoms with E-state index in [1.807, 2.05) is 11.8 Å². The maximum atomic E-state index is 11.3. The molecule has 0 saturated carbocycles. The maximum Gasteiger partial charge on any atom is 0.312 e. The van der Waals surface area contributed by atoms with Crippen molar-refractivity contribution in [2.45, 2.75) is 13.3 Å². The Bertz CT molecular complexity index is 649. The molecular weight excluding hydrogens is 280 g/mol. The molecule has 0 radical (unpaired) electrons. The number of nitrogens with zero attached hydrogens (tertiary/aromatic N) is 4. The second-order valence-corrected chi connectivity index (χ2v) is 5.77. The van der Waals surface area contributed by atoms with Gasteiger partial charge in [0.15, 0.2) is 0 Å². The molecular formula is C12H14N4O3S. The van der Waals surface area contributed by atoms with Crippen LogP contribution in [0.2, 0.25) is 0 Å². The number of hydrogen-bond acceptors (Lipinski definition) is 7. The predicted octanol–water partition coefficient (Wildman–Crippen LogP) is 2.13. The molecule has 0 aromatic carbocycles. The molecule has 0 aliphatic carbocycles. The Balaban J connectivity index is 2.17. The van der Waals surface area contributed by atoms with Gasteiger partial charge in [-0.2, -0.15) is 0 Å². The van der Waals surface area contributed by atoms with Crippen LogP contribution in [0.5, 0.6) is 0 Å². The van der Waals surface area contributed by atoms with Crippen molar-refractivity contribution >= 4 is 33.1 Å². The molecule has 0 bridgehead atoms. The first-order chi connectivity index (χ1) is 9.66. The first kappa shape index (κ1) is 13.2. The lowest BCUT2D eigenvalue weighted by Crippen LogP contribution is -2.27. The molecule has 0 N–H and O–H groups in total.